The van der Waals surface area contributed by atoms with Gasteiger partial charge in [-0.3, -0.25) is 4.99 Å². The molecule has 0 amide bonds. The molecule has 4 heteroatoms. The number of nitrogens with two attached hydrogens (primary N) is 1. The van der Waals surface area contributed by atoms with Crippen LogP contribution in [0, 0.1) is 0 Å². The zero-order valence-electron chi connectivity index (χ0n) is 7.22. The van der Waals surface area contributed by atoms with Crippen LogP contribution in [0.2, 0.25) is 5.02 Å². The molecular weight excluding hydrogens is 251 g/mol. The van der Waals surface area contributed by atoms with E-state index in [1.54, 1.807) is 12.3 Å². The van der Waals surface area contributed by atoms with Crippen molar-refractivity contribution in [2.24, 2.45) is 4.99 Å². The second-order valence-corrected chi connectivity index (χ2v) is 3.72. The van der Waals surface area contributed by atoms with Gasteiger partial charge in [0.2, 0.25) is 0 Å². The van der Waals surface area contributed by atoms with Gasteiger partial charge in [-0.25, -0.2) is 0 Å². The predicted octanol–water partition coefficient (Wildman–Crippen LogP) is 3.12. The highest BCUT2D eigenvalue weighted by molar-refractivity contribution is 9.10. The molecule has 1 aromatic rings. The molecule has 0 unspecified atom stereocenters. The van der Waals surface area contributed by atoms with Crippen molar-refractivity contribution in [1.29, 1.82) is 0 Å². The first-order valence-corrected chi connectivity index (χ1v) is 5.07. The molecule has 1 aromatic carbocycles. The maximum absolute atomic E-state index is 6.02. The van der Waals surface area contributed by atoms with E-state index in [1.165, 1.54) is 0 Å². The van der Waals surface area contributed by atoms with Crippen LogP contribution in [0.25, 0.3) is 0 Å². The highest BCUT2D eigenvalue weighted by Crippen LogP contribution is 2.28. The highest BCUT2D eigenvalue weighted by atomic mass is 79.9. The van der Waals surface area contributed by atoms with Crippen molar-refractivity contribution in [1.82, 2.24) is 0 Å². The third-order valence-corrected chi connectivity index (χ3v) is 2.87. The van der Waals surface area contributed by atoms with Gasteiger partial charge in [0.15, 0.2) is 0 Å². The Morgan fingerprint density at radius 3 is 2.92 bits per heavy atom. The van der Waals surface area contributed by atoms with Crippen LogP contribution in [0.15, 0.2) is 21.6 Å². The molecule has 0 heterocycles. The summed E-state index contributed by atoms with van der Waals surface area (Å²) in [5, 5.41) is 0.609. The number of nitrogen functional groups attached to an aromatic ring is 1. The highest BCUT2D eigenvalue weighted by Gasteiger charge is 2.05. The van der Waals surface area contributed by atoms with E-state index in [0.29, 0.717) is 10.7 Å². The Kier molecular flexibility index (Phi) is 3.75. The van der Waals surface area contributed by atoms with Crippen molar-refractivity contribution >= 4 is 39.4 Å². The van der Waals surface area contributed by atoms with Crippen LogP contribution in [0.4, 0.5) is 5.69 Å². The lowest BCUT2D eigenvalue weighted by molar-refractivity contribution is 1.14. The summed E-state index contributed by atoms with van der Waals surface area (Å²) in [6.07, 6.45) is 1.70. The molecule has 2 nitrogen and oxygen atoms in total. The molecule has 1 rings (SSSR count). The number of anilines is 1. The van der Waals surface area contributed by atoms with Gasteiger partial charge in [0, 0.05) is 28.5 Å². The minimum atomic E-state index is 0.609. The van der Waals surface area contributed by atoms with Crippen LogP contribution in [-0.4, -0.2) is 12.8 Å². The fourth-order valence-corrected chi connectivity index (χ4v) is 1.46. The normalized spacial score (nSPS) is 11.0. The zero-order valence-corrected chi connectivity index (χ0v) is 9.56. The van der Waals surface area contributed by atoms with Crippen molar-refractivity contribution < 1.29 is 0 Å². The molecule has 0 spiro atoms. The Labute approximate surface area is 90.9 Å². The minimum Gasteiger partial charge on any atom is -0.398 e. The monoisotopic (exact) mass is 260 g/mol. The lowest BCUT2D eigenvalue weighted by Gasteiger charge is -2.04. The minimum absolute atomic E-state index is 0.609. The Morgan fingerprint density at radius 2 is 2.31 bits per heavy atom. The van der Waals surface area contributed by atoms with Gasteiger partial charge in [0.05, 0.1) is 5.02 Å². The van der Waals surface area contributed by atoms with E-state index < -0.39 is 0 Å². The topological polar surface area (TPSA) is 38.4 Å². The van der Waals surface area contributed by atoms with E-state index in [2.05, 4.69) is 20.9 Å². The third-order valence-electron chi connectivity index (χ3n) is 1.57. The molecule has 0 bridgehead atoms. The summed E-state index contributed by atoms with van der Waals surface area (Å²) in [7, 11) is 0. The lowest BCUT2D eigenvalue weighted by Crippen LogP contribution is -1.94. The van der Waals surface area contributed by atoms with Gasteiger partial charge < -0.3 is 5.73 Å². The van der Waals surface area contributed by atoms with Gasteiger partial charge in [-0.05, 0) is 35.0 Å². The fourth-order valence-electron chi connectivity index (χ4n) is 0.895. The largest absolute Gasteiger partial charge is 0.398 e. The van der Waals surface area contributed by atoms with E-state index in [-0.39, 0.29) is 0 Å². The Hall–Kier alpha value is -0.540. The first-order valence-electron chi connectivity index (χ1n) is 3.90. The zero-order chi connectivity index (χ0) is 9.84. The average molecular weight is 262 g/mol. The van der Waals surface area contributed by atoms with Crippen LogP contribution >= 0.6 is 27.5 Å². The van der Waals surface area contributed by atoms with E-state index >= 15 is 0 Å². The first-order chi connectivity index (χ1) is 6.16. The first kappa shape index (κ1) is 10.5. The summed E-state index contributed by atoms with van der Waals surface area (Å²) in [4.78, 5) is 4.09. The Bertz CT molecular complexity index is 337. The van der Waals surface area contributed by atoms with Gasteiger partial charge in [-0.15, -0.1) is 0 Å². The number of hydrogen-bond acceptors (Lipinski definition) is 2. The fraction of sp³-hybridized carbons (Fsp3) is 0.222. The molecule has 0 aliphatic heterocycles. The summed E-state index contributed by atoms with van der Waals surface area (Å²) in [6.45, 7) is 2.68. The molecule has 13 heavy (non-hydrogen) atoms. The summed E-state index contributed by atoms with van der Waals surface area (Å²) < 4.78 is 0.834. The van der Waals surface area contributed by atoms with Crippen molar-refractivity contribution in [2.75, 3.05) is 12.3 Å². The molecular formula is C9H10BrClN2. The lowest BCUT2D eigenvalue weighted by atomic mass is 10.2. The third kappa shape index (κ3) is 2.45. The van der Waals surface area contributed by atoms with Gasteiger partial charge >= 0.3 is 0 Å². The number of nitrogens with zero attached hydrogens (tertiary/aromatic N) is 1. The second-order valence-electron chi connectivity index (χ2n) is 2.49. The van der Waals surface area contributed by atoms with Crippen LogP contribution in [0.1, 0.15) is 12.5 Å². The van der Waals surface area contributed by atoms with Crippen LogP contribution in [0.5, 0.6) is 0 Å². The summed E-state index contributed by atoms with van der Waals surface area (Å²) in [5.41, 5.74) is 7.15. The van der Waals surface area contributed by atoms with Crippen LogP contribution in [-0.2, 0) is 0 Å². The van der Waals surface area contributed by atoms with E-state index in [0.717, 1.165) is 16.6 Å². The number of hydrogen-bond donors (Lipinski definition) is 1. The molecule has 70 valence electrons. The Morgan fingerprint density at radius 1 is 1.62 bits per heavy atom. The van der Waals surface area contributed by atoms with Crippen molar-refractivity contribution in [2.45, 2.75) is 6.92 Å². The van der Waals surface area contributed by atoms with Crippen LogP contribution < -0.4 is 5.73 Å². The maximum atomic E-state index is 6.02. The number of aliphatic imine (C=N–C) groups is 1. The second kappa shape index (κ2) is 4.63. The summed E-state index contributed by atoms with van der Waals surface area (Å²) in [5.74, 6) is 0. The van der Waals surface area contributed by atoms with Gasteiger partial charge in [-0.2, -0.15) is 0 Å². The number of rotatable bonds is 2. The van der Waals surface area contributed by atoms with Crippen molar-refractivity contribution in [3.05, 3.63) is 27.2 Å². The van der Waals surface area contributed by atoms with Crippen molar-refractivity contribution in [3.8, 4) is 0 Å². The molecule has 0 fully saturated rings. The van der Waals surface area contributed by atoms with Crippen LogP contribution in [0.3, 0.4) is 0 Å². The van der Waals surface area contributed by atoms with E-state index in [9.17, 15) is 0 Å². The summed E-state index contributed by atoms with van der Waals surface area (Å²) >= 11 is 9.34. The predicted molar refractivity (Wildman–Crippen MR) is 61.7 cm³/mol. The summed E-state index contributed by atoms with van der Waals surface area (Å²) in [6, 6.07) is 3.62. The maximum Gasteiger partial charge on any atom is 0.0656 e. The van der Waals surface area contributed by atoms with E-state index in [1.807, 2.05) is 13.0 Å². The number of halogens is 2. The molecule has 0 saturated heterocycles. The molecule has 0 atom stereocenters. The molecule has 0 aliphatic carbocycles. The van der Waals surface area contributed by atoms with Gasteiger partial charge in [0.1, 0.15) is 0 Å². The molecule has 0 aliphatic rings. The number of benzene rings is 1. The molecule has 0 saturated carbocycles. The molecule has 2 N–H and O–H groups in total. The SMILES string of the molecule is CCN=Cc1c(N)ccc(Br)c1Cl. The quantitative estimate of drug-likeness (QED) is 0.645. The standard InChI is InChI=1S/C9H10BrClN2/c1-2-13-5-6-8(12)4-3-7(10)9(6)11/h3-5H,2,12H2,1H3. The smallest absolute Gasteiger partial charge is 0.0656 e. The van der Waals surface area contributed by atoms with Crippen molar-refractivity contribution in [3.63, 3.8) is 0 Å². The Balaban J connectivity index is 3.17. The van der Waals surface area contributed by atoms with Gasteiger partial charge in [0.25, 0.3) is 0 Å². The molecule has 0 radical (unpaired) electrons. The van der Waals surface area contributed by atoms with E-state index in [4.69, 9.17) is 17.3 Å². The van der Waals surface area contributed by atoms with Gasteiger partial charge in [-0.1, -0.05) is 11.6 Å². The molecule has 0 aromatic heterocycles. The average Bonchev–Trinajstić information content (AvgIpc) is 2.12.